The van der Waals surface area contributed by atoms with Gasteiger partial charge in [-0.25, -0.2) is 0 Å². The maximum atomic E-state index is 12.1. The van der Waals surface area contributed by atoms with E-state index in [0.717, 1.165) is 16.8 Å². The van der Waals surface area contributed by atoms with E-state index in [9.17, 15) is 10.1 Å². The molecule has 0 saturated heterocycles. The van der Waals surface area contributed by atoms with Gasteiger partial charge in [0.15, 0.2) is 0 Å². The number of amides is 1. The second-order valence-electron chi connectivity index (χ2n) is 5.18. The smallest absolute Gasteiger partial charge is 0.224 e. The summed E-state index contributed by atoms with van der Waals surface area (Å²) >= 11 is 0. The largest absolute Gasteiger partial charge is 0.397 e. The summed E-state index contributed by atoms with van der Waals surface area (Å²) in [5.41, 5.74) is 10.2. The zero-order valence-electron chi connectivity index (χ0n) is 12.2. The molecule has 2 aromatic carbocycles. The first-order valence-electron chi connectivity index (χ1n) is 6.99. The van der Waals surface area contributed by atoms with Crippen LogP contribution < -0.4 is 10.6 Å². The average molecular weight is 289 g/mol. The second kappa shape index (κ2) is 5.38. The van der Waals surface area contributed by atoms with Crippen molar-refractivity contribution < 1.29 is 4.79 Å². The summed E-state index contributed by atoms with van der Waals surface area (Å²) in [6.07, 6.45) is 0. The lowest BCUT2D eigenvalue weighted by molar-refractivity contribution is -0.116. The van der Waals surface area contributed by atoms with Crippen molar-refractivity contribution >= 4 is 22.9 Å². The maximum absolute atomic E-state index is 12.1. The standard InChI is InChI=1S/C18H15N3O/c1-12(22)21-11-13-6-2-3-7-14(13)16(10-19)18(20)15-8-4-5-9-17(15)21/h2-9H,11,20H2,1H3/b18-16+. The van der Waals surface area contributed by atoms with Crippen molar-refractivity contribution in [3.05, 3.63) is 65.2 Å². The first-order valence-corrected chi connectivity index (χ1v) is 6.99. The van der Waals surface area contributed by atoms with E-state index < -0.39 is 0 Å². The van der Waals surface area contributed by atoms with E-state index in [1.165, 1.54) is 6.92 Å². The fourth-order valence-corrected chi connectivity index (χ4v) is 2.78. The molecular weight excluding hydrogens is 274 g/mol. The van der Waals surface area contributed by atoms with Crippen molar-refractivity contribution in [2.24, 2.45) is 5.73 Å². The summed E-state index contributed by atoms with van der Waals surface area (Å²) in [5, 5.41) is 9.56. The Hall–Kier alpha value is -3.06. The van der Waals surface area contributed by atoms with Gasteiger partial charge in [-0.15, -0.1) is 0 Å². The van der Waals surface area contributed by atoms with Crippen molar-refractivity contribution in [1.82, 2.24) is 0 Å². The molecule has 0 bridgehead atoms. The highest BCUT2D eigenvalue weighted by Crippen LogP contribution is 2.35. The number of allylic oxidation sites excluding steroid dienone is 1. The van der Waals surface area contributed by atoms with E-state index in [4.69, 9.17) is 5.73 Å². The van der Waals surface area contributed by atoms with Gasteiger partial charge in [-0.3, -0.25) is 4.79 Å². The number of rotatable bonds is 0. The minimum absolute atomic E-state index is 0.0598. The molecule has 0 fully saturated rings. The fraction of sp³-hybridized carbons (Fsp3) is 0.111. The van der Waals surface area contributed by atoms with Gasteiger partial charge in [0, 0.05) is 12.5 Å². The number of benzene rings is 2. The lowest BCUT2D eigenvalue weighted by Crippen LogP contribution is -2.30. The van der Waals surface area contributed by atoms with Crippen molar-refractivity contribution in [3.63, 3.8) is 0 Å². The number of hydrogen-bond acceptors (Lipinski definition) is 3. The highest BCUT2D eigenvalue weighted by molar-refractivity contribution is 6.03. The first kappa shape index (κ1) is 13.9. The van der Waals surface area contributed by atoms with E-state index in [1.807, 2.05) is 48.5 Å². The highest BCUT2D eigenvalue weighted by Gasteiger charge is 2.23. The fourth-order valence-electron chi connectivity index (χ4n) is 2.78. The molecule has 1 aliphatic heterocycles. The van der Waals surface area contributed by atoms with Gasteiger partial charge in [0.2, 0.25) is 5.91 Å². The van der Waals surface area contributed by atoms with E-state index >= 15 is 0 Å². The number of para-hydroxylation sites is 1. The van der Waals surface area contributed by atoms with Crippen LogP contribution >= 0.6 is 0 Å². The van der Waals surface area contributed by atoms with Gasteiger partial charge in [0.05, 0.1) is 23.5 Å². The Morgan fingerprint density at radius 1 is 1.14 bits per heavy atom. The number of nitrogens with zero attached hydrogens (tertiary/aromatic N) is 2. The predicted molar refractivity (Wildman–Crippen MR) is 86.4 cm³/mol. The molecule has 22 heavy (non-hydrogen) atoms. The molecule has 0 atom stereocenters. The molecule has 4 heteroatoms. The molecule has 0 spiro atoms. The molecule has 1 aliphatic rings. The normalized spacial score (nSPS) is 16.8. The third kappa shape index (κ3) is 2.13. The van der Waals surface area contributed by atoms with Crippen LogP contribution in [0.2, 0.25) is 0 Å². The van der Waals surface area contributed by atoms with E-state index in [0.29, 0.717) is 23.4 Å². The Balaban J connectivity index is 2.38. The van der Waals surface area contributed by atoms with Gasteiger partial charge in [-0.2, -0.15) is 5.26 Å². The Labute approximate surface area is 129 Å². The van der Waals surface area contributed by atoms with Gasteiger partial charge in [-0.05, 0) is 17.2 Å². The molecule has 4 nitrogen and oxygen atoms in total. The molecule has 0 radical (unpaired) electrons. The number of anilines is 1. The molecule has 2 aromatic rings. The quantitative estimate of drug-likeness (QED) is 0.810. The average Bonchev–Trinajstić information content (AvgIpc) is 2.53. The van der Waals surface area contributed by atoms with Crippen molar-refractivity contribution in [1.29, 1.82) is 5.26 Å². The number of carbonyl (C=O) groups is 1. The van der Waals surface area contributed by atoms with Crippen LogP contribution in [0.15, 0.2) is 48.5 Å². The summed E-state index contributed by atoms with van der Waals surface area (Å²) in [6, 6.07) is 17.2. The summed E-state index contributed by atoms with van der Waals surface area (Å²) in [4.78, 5) is 13.8. The Kier molecular flexibility index (Phi) is 3.40. The monoisotopic (exact) mass is 289 g/mol. The Bertz CT molecular complexity index is 830. The summed E-state index contributed by atoms with van der Waals surface area (Å²) in [5.74, 6) is -0.0598. The van der Waals surface area contributed by atoms with Gasteiger partial charge < -0.3 is 10.6 Å². The second-order valence-corrected chi connectivity index (χ2v) is 5.18. The van der Waals surface area contributed by atoms with Crippen molar-refractivity contribution in [3.8, 4) is 6.07 Å². The molecule has 3 rings (SSSR count). The molecule has 108 valence electrons. The molecule has 0 aliphatic carbocycles. The van der Waals surface area contributed by atoms with Crippen molar-refractivity contribution in [2.45, 2.75) is 13.5 Å². The number of hydrogen-bond donors (Lipinski definition) is 1. The van der Waals surface area contributed by atoms with Crippen LogP contribution in [-0.2, 0) is 11.3 Å². The predicted octanol–water partition coefficient (Wildman–Crippen LogP) is 2.90. The highest BCUT2D eigenvalue weighted by atomic mass is 16.2. The number of carbonyl (C=O) groups excluding carboxylic acids is 1. The van der Waals surface area contributed by atoms with Crippen LogP contribution in [0, 0.1) is 11.3 Å². The van der Waals surface area contributed by atoms with Crippen LogP contribution in [0.4, 0.5) is 5.69 Å². The van der Waals surface area contributed by atoms with Crippen LogP contribution in [-0.4, -0.2) is 5.91 Å². The van der Waals surface area contributed by atoms with Crippen LogP contribution in [0.3, 0.4) is 0 Å². The summed E-state index contributed by atoms with van der Waals surface area (Å²) < 4.78 is 0. The van der Waals surface area contributed by atoms with Crippen LogP contribution in [0.25, 0.3) is 11.3 Å². The molecule has 1 amide bonds. The molecular formula is C18H15N3O. The van der Waals surface area contributed by atoms with E-state index in [1.54, 1.807) is 4.90 Å². The number of nitrogens with two attached hydrogens (primary N) is 1. The minimum Gasteiger partial charge on any atom is -0.397 e. The third-order valence-corrected chi connectivity index (χ3v) is 3.86. The molecule has 2 N–H and O–H groups in total. The number of fused-ring (bicyclic) bond motifs is 2. The van der Waals surface area contributed by atoms with Gasteiger partial charge >= 0.3 is 0 Å². The summed E-state index contributed by atoms with van der Waals surface area (Å²) in [7, 11) is 0. The lowest BCUT2D eigenvalue weighted by Gasteiger charge is -2.28. The van der Waals surface area contributed by atoms with Crippen molar-refractivity contribution in [2.75, 3.05) is 4.90 Å². The minimum atomic E-state index is -0.0598. The molecule has 0 aromatic heterocycles. The molecule has 1 heterocycles. The summed E-state index contributed by atoms with van der Waals surface area (Å²) in [6.45, 7) is 1.95. The molecule has 0 unspecified atom stereocenters. The SMILES string of the molecule is CC(=O)N1Cc2ccccc2/C(C#N)=C(/N)c2ccccc21. The first-order chi connectivity index (χ1) is 10.6. The Morgan fingerprint density at radius 3 is 2.45 bits per heavy atom. The Morgan fingerprint density at radius 2 is 1.77 bits per heavy atom. The lowest BCUT2D eigenvalue weighted by atomic mass is 9.93. The zero-order chi connectivity index (χ0) is 15.7. The number of nitriles is 1. The van der Waals surface area contributed by atoms with Gasteiger partial charge in [-0.1, -0.05) is 42.5 Å². The van der Waals surface area contributed by atoms with Crippen LogP contribution in [0.1, 0.15) is 23.6 Å². The van der Waals surface area contributed by atoms with Gasteiger partial charge in [0.25, 0.3) is 0 Å². The third-order valence-electron chi connectivity index (χ3n) is 3.86. The van der Waals surface area contributed by atoms with Crippen LogP contribution in [0.5, 0.6) is 0 Å². The zero-order valence-corrected chi connectivity index (χ0v) is 12.2. The topological polar surface area (TPSA) is 70.1 Å². The van der Waals surface area contributed by atoms with Gasteiger partial charge in [0.1, 0.15) is 6.07 Å². The molecule has 0 saturated carbocycles. The van der Waals surface area contributed by atoms with E-state index in [-0.39, 0.29) is 5.91 Å². The maximum Gasteiger partial charge on any atom is 0.224 e. The van der Waals surface area contributed by atoms with E-state index in [2.05, 4.69) is 6.07 Å².